The summed E-state index contributed by atoms with van der Waals surface area (Å²) < 4.78 is 13.0. The molecular weight excluding hydrogens is 705 g/mol. The molecule has 1 unspecified atom stereocenters. The summed E-state index contributed by atoms with van der Waals surface area (Å²) in [6.45, 7) is 32.7. The summed E-state index contributed by atoms with van der Waals surface area (Å²) in [6.07, 6.45) is 3.12. The van der Waals surface area contributed by atoms with E-state index >= 15 is 0 Å². The minimum Gasteiger partial charge on any atom is -0.507 e. The first-order chi connectivity index (χ1) is 26.2. The van der Waals surface area contributed by atoms with E-state index in [1.165, 1.54) is 11.1 Å². The van der Waals surface area contributed by atoms with E-state index in [1.54, 1.807) is 0 Å². The van der Waals surface area contributed by atoms with Gasteiger partial charge in [0.05, 0.1) is 0 Å². The molecular formula is C51H64N2O4. The topological polar surface area (TPSA) is 92.5 Å². The predicted molar refractivity (Wildman–Crippen MR) is 235 cm³/mol. The third kappa shape index (κ3) is 7.50. The van der Waals surface area contributed by atoms with Gasteiger partial charge in [0, 0.05) is 38.8 Å². The SMILES string of the molecule is CC1CC(C)(C)CC(c2ccc3oc(-c4cc(C(C)(C)C)c(O)c(C(C)(C)C)c4)nc3c2)(c2ccc3oc(-c4cc(C(C)(C)C)c(O)c(C(C)(C)C)c4)nc3c2)C1. The van der Waals surface area contributed by atoms with E-state index in [0.717, 1.165) is 74.8 Å². The van der Waals surface area contributed by atoms with E-state index in [4.69, 9.17) is 18.8 Å². The Balaban J connectivity index is 1.36. The van der Waals surface area contributed by atoms with Gasteiger partial charge in [-0.05, 0) is 112 Å². The van der Waals surface area contributed by atoms with Crippen molar-refractivity contribution in [2.45, 2.75) is 150 Å². The average molecular weight is 769 g/mol. The molecule has 6 aromatic rings. The van der Waals surface area contributed by atoms with Gasteiger partial charge in [0.25, 0.3) is 0 Å². The molecule has 0 amide bonds. The standard InChI is InChI=1S/C51H64N2O4/c1-29-26-50(14,15)28-51(27-29,32-16-18-40-38(24-32)52-44(56-40)30-20-34(46(2,3)4)42(54)35(21-30)47(5,6)7)33-17-19-41-39(25-33)53-45(57-41)31-22-36(48(8,9)10)43(55)37(23-31)49(11,12)13/h16-25,29,54-55H,26-28H2,1-15H3. The number of nitrogens with zero attached hydrogens (tertiary/aromatic N) is 2. The molecule has 1 saturated carbocycles. The van der Waals surface area contributed by atoms with Crippen LogP contribution in [0.25, 0.3) is 45.1 Å². The summed E-state index contributed by atoms with van der Waals surface area (Å²) in [6, 6.07) is 21.3. The number of phenols is 2. The molecule has 2 aromatic heterocycles. The lowest BCUT2D eigenvalue weighted by atomic mass is 9.55. The van der Waals surface area contributed by atoms with Crippen LogP contribution in [0.1, 0.15) is 156 Å². The van der Waals surface area contributed by atoms with Crippen LogP contribution in [-0.2, 0) is 27.1 Å². The Morgan fingerprint density at radius 3 is 1.21 bits per heavy atom. The quantitative estimate of drug-likeness (QED) is 0.185. The molecule has 4 aromatic carbocycles. The van der Waals surface area contributed by atoms with Crippen molar-refractivity contribution in [3.05, 3.63) is 94.0 Å². The first kappa shape index (κ1) is 40.6. The molecule has 0 radical (unpaired) electrons. The molecule has 1 aliphatic carbocycles. The fraction of sp³-hybridized carbons (Fsp3) is 0.490. The van der Waals surface area contributed by atoms with Crippen LogP contribution >= 0.6 is 0 Å². The summed E-state index contributed by atoms with van der Waals surface area (Å²) in [5, 5.41) is 22.8. The summed E-state index contributed by atoms with van der Waals surface area (Å²) in [5.74, 6) is 2.29. The van der Waals surface area contributed by atoms with Crippen molar-refractivity contribution in [1.29, 1.82) is 0 Å². The second-order valence-electron chi connectivity index (χ2n) is 22.2. The highest BCUT2D eigenvalue weighted by molar-refractivity contribution is 5.80. The van der Waals surface area contributed by atoms with Crippen molar-refractivity contribution in [1.82, 2.24) is 9.97 Å². The van der Waals surface area contributed by atoms with Gasteiger partial charge in [-0.1, -0.05) is 116 Å². The lowest BCUT2D eigenvalue weighted by Crippen LogP contribution is -2.41. The molecule has 2 heterocycles. The van der Waals surface area contributed by atoms with Crippen LogP contribution in [0.2, 0.25) is 0 Å². The summed E-state index contributed by atoms with van der Waals surface area (Å²) >= 11 is 0. The average Bonchev–Trinajstić information content (AvgIpc) is 3.69. The fourth-order valence-electron chi connectivity index (χ4n) is 9.68. The molecule has 6 heteroatoms. The summed E-state index contributed by atoms with van der Waals surface area (Å²) in [7, 11) is 0. The van der Waals surface area contributed by atoms with Crippen molar-refractivity contribution >= 4 is 22.2 Å². The third-order valence-corrected chi connectivity index (χ3v) is 12.2. The molecule has 0 bridgehead atoms. The Bertz CT molecular complexity index is 2270. The van der Waals surface area contributed by atoms with Crippen molar-refractivity contribution < 1.29 is 19.0 Å². The van der Waals surface area contributed by atoms with Crippen LogP contribution in [0.5, 0.6) is 11.5 Å². The zero-order chi connectivity index (χ0) is 41.8. The normalized spacial score (nSPS) is 17.8. The molecule has 7 rings (SSSR count). The van der Waals surface area contributed by atoms with Crippen LogP contribution in [0.4, 0.5) is 0 Å². The van der Waals surface area contributed by atoms with Gasteiger partial charge in [0.15, 0.2) is 11.2 Å². The molecule has 0 aliphatic heterocycles. The van der Waals surface area contributed by atoms with Gasteiger partial charge in [-0.15, -0.1) is 0 Å². The van der Waals surface area contributed by atoms with Crippen LogP contribution in [-0.4, -0.2) is 20.2 Å². The Labute approximate surface area is 340 Å². The van der Waals surface area contributed by atoms with Crippen LogP contribution in [0.15, 0.2) is 69.5 Å². The minimum absolute atomic E-state index is 0.100. The number of oxazole rings is 2. The molecule has 1 atom stereocenters. The monoisotopic (exact) mass is 768 g/mol. The van der Waals surface area contributed by atoms with Crippen molar-refractivity contribution in [3.63, 3.8) is 0 Å². The second kappa shape index (κ2) is 13.2. The predicted octanol–water partition coefficient (Wildman–Crippen LogP) is 14.0. The highest BCUT2D eigenvalue weighted by atomic mass is 16.4. The van der Waals surface area contributed by atoms with Gasteiger partial charge in [-0.2, -0.15) is 0 Å². The molecule has 1 fully saturated rings. The fourth-order valence-corrected chi connectivity index (χ4v) is 9.68. The van der Waals surface area contributed by atoms with E-state index in [2.05, 4.69) is 140 Å². The molecule has 57 heavy (non-hydrogen) atoms. The summed E-state index contributed by atoms with van der Waals surface area (Å²) in [4.78, 5) is 10.3. The first-order valence-electron chi connectivity index (χ1n) is 20.8. The van der Waals surface area contributed by atoms with Gasteiger partial charge >= 0.3 is 0 Å². The van der Waals surface area contributed by atoms with E-state index in [1.807, 2.05) is 24.3 Å². The number of hydrogen-bond donors (Lipinski definition) is 2. The zero-order valence-corrected chi connectivity index (χ0v) is 37.1. The van der Waals surface area contributed by atoms with Crippen molar-refractivity contribution in [3.8, 4) is 34.4 Å². The molecule has 0 spiro atoms. The molecule has 2 N–H and O–H groups in total. The number of fused-ring (bicyclic) bond motifs is 2. The smallest absolute Gasteiger partial charge is 0.227 e. The maximum atomic E-state index is 11.4. The number of aromatic hydroxyl groups is 2. The highest BCUT2D eigenvalue weighted by Crippen LogP contribution is 2.54. The molecule has 0 saturated heterocycles. The van der Waals surface area contributed by atoms with Crippen LogP contribution in [0, 0.1) is 11.3 Å². The van der Waals surface area contributed by atoms with Gasteiger partial charge in [-0.3, -0.25) is 0 Å². The van der Waals surface area contributed by atoms with E-state index in [-0.39, 0.29) is 32.5 Å². The van der Waals surface area contributed by atoms with Gasteiger partial charge < -0.3 is 19.0 Å². The molecule has 1 aliphatic rings. The Kier molecular flexibility index (Phi) is 9.42. The highest BCUT2D eigenvalue weighted by Gasteiger charge is 2.46. The lowest BCUT2D eigenvalue weighted by Gasteiger charge is -2.48. The number of aromatic nitrogens is 2. The number of benzene rings is 4. The Morgan fingerprint density at radius 2 is 0.895 bits per heavy atom. The van der Waals surface area contributed by atoms with Gasteiger partial charge in [0.2, 0.25) is 11.8 Å². The number of rotatable bonds is 4. The number of phenolic OH excluding ortho intramolecular Hbond substituents is 2. The van der Waals surface area contributed by atoms with Gasteiger partial charge in [-0.25, -0.2) is 9.97 Å². The summed E-state index contributed by atoms with van der Waals surface area (Å²) in [5.41, 5.74) is 9.56. The van der Waals surface area contributed by atoms with Crippen LogP contribution < -0.4 is 0 Å². The Morgan fingerprint density at radius 1 is 0.544 bits per heavy atom. The van der Waals surface area contributed by atoms with E-state index < -0.39 is 0 Å². The molecule has 302 valence electrons. The largest absolute Gasteiger partial charge is 0.507 e. The van der Waals surface area contributed by atoms with Gasteiger partial charge in [0.1, 0.15) is 22.5 Å². The van der Waals surface area contributed by atoms with Crippen LogP contribution in [0.3, 0.4) is 0 Å². The maximum Gasteiger partial charge on any atom is 0.227 e. The number of hydrogen-bond acceptors (Lipinski definition) is 6. The minimum atomic E-state index is -0.295. The second-order valence-corrected chi connectivity index (χ2v) is 22.2. The first-order valence-corrected chi connectivity index (χ1v) is 20.8. The van der Waals surface area contributed by atoms with Crippen molar-refractivity contribution in [2.75, 3.05) is 0 Å². The Hall–Kier alpha value is -4.58. The van der Waals surface area contributed by atoms with E-state index in [9.17, 15) is 10.2 Å². The third-order valence-electron chi connectivity index (χ3n) is 12.2. The zero-order valence-electron chi connectivity index (χ0n) is 37.1. The molecule has 6 nitrogen and oxygen atoms in total. The van der Waals surface area contributed by atoms with Crippen molar-refractivity contribution in [2.24, 2.45) is 11.3 Å². The lowest BCUT2D eigenvalue weighted by molar-refractivity contribution is 0.127. The maximum absolute atomic E-state index is 11.4. The van der Waals surface area contributed by atoms with E-state index in [0.29, 0.717) is 29.2 Å².